The molecule has 0 atom stereocenters. The van der Waals surface area contributed by atoms with E-state index in [1.165, 1.54) is 6.42 Å². The molecule has 1 aliphatic heterocycles. The topological polar surface area (TPSA) is 23.6 Å². The molecule has 1 fully saturated rings. The van der Waals surface area contributed by atoms with Crippen molar-refractivity contribution in [3.05, 3.63) is 0 Å². The minimum Gasteiger partial charge on any atom is -0.342 e. The van der Waals surface area contributed by atoms with E-state index in [0.717, 1.165) is 13.1 Å². The van der Waals surface area contributed by atoms with E-state index in [0.29, 0.717) is 12.6 Å². The molecule has 1 heterocycles. The fourth-order valence-corrected chi connectivity index (χ4v) is 1.13. The van der Waals surface area contributed by atoms with Gasteiger partial charge in [0.15, 0.2) is 0 Å². The Bertz CT molecular complexity index is 164. The second-order valence-electron chi connectivity index (χ2n) is 3.73. The third-order valence-corrected chi connectivity index (χ3v) is 2.48. The van der Waals surface area contributed by atoms with Crippen LogP contribution in [0.25, 0.3) is 0 Å². The van der Waals surface area contributed by atoms with E-state index in [4.69, 9.17) is 0 Å². The largest absolute Gasteiger partial charge is 0.342 e. The van der Waals surface area contributed by atoms with E-state index >= 15 is 0 Å². The highest BCUT2D eigenvalue weighted by atomic mass is 16.2. The molecule has 1 amide bonds. The summed E-state index contributed by atoms with van der Waals surface area (Å²) in [7, 11) is 1.87. The van der Waals surface area contributed by atoms with Gasteiger partial charge in [0.2, 0.25) is 5.91 Å². The summed E-state index contributed by atoms with van der Waals surface area (Å²) in [6, 6.07) is 0.318. The number of hydrogen-bond donors (Lipinski definition) is 0. The van der Waals surface area contributed by atoms with E-state index in [2.05, 4.69) is 4.90 Å². The molecule has 0 aromatic rings. The van der Waals surface area contributed by atoms with Crippen molar-refractivity contribution in [1.29, 1.82) is 0 Å². The lowest BCUT2D eigenvalue weighted by Gasteiger charge is -2.32. The summed E-state index contributed by atoms with van der Waals surface area (Å²) in [5.41, 5.74) is 0. The van der Waals surface area contributed by atoms with Crippen LogP contribution < -0.4 is 0 Å². The first-order valence-corrected chi connectivity index (χ1v) is 4.59. The van der Waals surface area contributed by atoms with Crippen LogP contribution in [0.1, 0.15) is 20.3 Å². The van der Waals surface area contributed by atoms with Gasteiger partial charge in [-0.3, -0.25) is 9.69 Å². The maximum atomic E-state index is 11.5. The molecule has 0 aromatic carbocycles. The normalized spacial score (nSPS) is 17.7. The Morgan fingerprint density at radius 2 is 2.08 bits per heavy atom. The van der Waals surface area contributed by atoms with Gasteiger partial charge >= 0.3 is 0 Å². The standard InChI is InChI=1S/C9H18N2O/c1-8(2)10(3)9(12)7-11-5-4-6-11/h8H,4-7H2,1-3H3. The maximum absolute atomic E-state index is 11.5. The van der Waals surface area contributed by atoms with Gasteiger partial charge in [-0.25, -0.2) is 0 Å². The fraction of sp³-hybridized carbons (Fsp3) is 0.889. The van der Waals surface area contributed by atoms with Gasteiger partial charge in [-0.05, 0) is 33.4 Å². The molecule has 0 aliphatic carbocycles. The van der Waals surface area contributed by atoms with Crippen molar-refractivity contribution in [2.75, 3.05) is 26.7 Å². The molecule has 0 N–H and O–H groups in total. The smallest absolute Gasteiger partial charge is 0.236 e. The summed E-state index contributed by atoms with van der Waals surface area (Å²) in [4.78, 5) is 15.5. The molecule has 0 aromatic heterocycles. The average molecular weight is 170 g/mol. The van der Waals surface area contributed by atoms with E-state index < -0.39 is 0 Å². The minimum absolute atomic E-state index is 0.240. The number of likely N-dealkylation sites (N-methyl/N-ethyl adjacent to an activating group) is 1. The van der Waals surface area contributed by atoms with Crippen molar-refractivity contribution in [3.63, 3.8) is 0 Å². The zero-order chi connectivity index (χ0) is 9.14. The van der Waals surface area contributed by atoms with Gasteiger partial charge in [-0.15, -0.1) is 0 Å². The van der Waals surface area contributed by atoms with E-state index in [1.807, 2.05) is 20.9 Å². The Morgan fingerprint density at radius 3 is 2.42 bits per heavy atom. The highest BCUT2D eigenvalue weighted by Crippen LogP contribution is 2.06. The first kappa shape index (κ1) is 9.52. The summed E-state index contributed by atoms with van der Waals surface area (Å²) >= 11 is 0. The van der Waals surface area contributed by atoms with Gasteiger partial charge in [-0.1, -0.05) is 0 Å². The van der Waals surface area contributed by atoms with Gasteiger partial charge in [0.05, 0.1) is 6.54 Å². The lowest BCUT2D eigenvalue weighted by atomic mass is 10.2. The second kappa shape index (κ2) is 3.90. The minimum atomic E-state index is 0.240. The fourth-order valence-electron chi connectivity index (χ4n) is 1.13. The SMILES string of the molecule is CC(C)N(C)C(=O)CN1CCC1. The molecule has 12 heavy (non-hydrogen) atoms. The van der Waals surface area contributed by atoms with Crippen LogP contribution in [0.3, 0.4) is 0 Å². The first-order valence-electron chi connectivity index (χ1n) is 4.59. The van der Waals surface area contributed by atoms with Crippen LogP contribution in [0.4, 0.5) is 0 Å². The predicted molar refractivity (Wildman–Crippen MR) is 49.0 cm³/mol. The quantitative estimate of drug-likeness (QED) is 0.618. The zero-order valence-corrected chi connectivity index (χ0v) is 8.21. The molecule has 1 rings (SSSR count). The molecule has 1 saturated heterocycles. The molecule has 3 nitrogen and oxygen atoms in total. The van der Waals surface area contributed by atoms with Gasteiger partial charge < -0.3 is 4.90 Å². The molecule has 70 valence electrons. The van der Waals surface area contributed by atoms with Crippen molar-refractivity contribution in [1.82, 2.24) is 9.80 Å². The third kappa shape index (κ3) is 2.21. The van der Waals surface area contributed by atoms with E-state index in [-0.39, 0.29) is 5.91 Å². The predicted octanol–water partition coefficient (Wildman–Crippen LogP) is 0.559. The van der Waals surface area contributed by atoms with Crippen molar-refractivity contribution in [2.24, 2.45) is 0 Å². The van der Waals surface area contributed by atoms with Crippen LogP contribution in [-0.4, -0.2) is 48.4 Å². The number of nitrogens with zero attached hydrogens (tertiary/aromatic N) is 2. The van der Waals surface area contributed by atoms with Gasteiger partial charge in [0, 0.05) is 13.1 Å². The first-order chi connectivity index (χ1) is 5.61. The number of carbonyl (C=O) groups is 1. The highest BCUT2D eigenvalue weighted by Gasteiger charge is 2.20. The molecule has 0 unspecified atom stereocenters. The highest BCUT2D eigenvalue weighted by molar-refractivity contribution is 5.78. The number of hydrogen-bond acceptors (Lipinski definition) is 2. The average Bonchev–Trinajstić information content (AvgIpc) is 1.94. The number of likely N-dealkylation sites (tertiary alicyclic amines) is 1. The number of carbonyl (C=O) groups excluding carboxylic acids is 1. The second-order valence-corrected chi connectivity index (χ2v) is 3.73. The molecule has 0 bridgehead atoms. The molecular weight excluding hydrogens is 152 g/mol. The molecule has 0 spiro atoms. The van der Waals surface area contributed by atoms with Gasteiger partial charge in [0.25, 0.3) is 0 Å². The summed E-state index contributed by atoms with van der Waals surface area (Å²) < 4.78 is 0. The van der Waals surface area contributed by atoms with Crippen LogP contribution >= 0.6 is 0 Å². The van der Waals surface area contributed by atoms with Gasteiger partial charge in [0.1, 0.15) is 0 Å². The summed E-state index contributed by atoms with van der Waals surface area (Å²) in [6.45, 7) is 6.87. The Balaban J connectivity index is 2.26. The molecule has 0 radical (unpaired) electrons. The Hall–Kier alpha value is -0.570. The Kier molecular flexibility index (Phi) is 3.09. The Labute approximate surface area is 74.3 Å². The van der Waals surface area contributed by atoms with Gasteiger partial charge in [-0.2, -0.15) is 0 Å². The molecule has 1 aliphatic rings. The van der Waals surface area contributed by atoms with Crippen LogP contribution in [0, 0.1) is 0 Å². The van der Waals surface area contributed by atoms with Crippen LogP contribution in [-0.2, 0) is 4.79 Å². The summed E-state index contributed by atoms with van der Waals surface area (Å²) in [6.07, 6.45) is 1.25. The lowest BCUT2D eigenvalue weighted by Crippen LogP contribution is -2.46. The maximum Gasteiger partial charge on any atom is 0.236 e. The van der Waals surface area contributed by atoms with E-state index in [9.17, 15) is 4.79 Å². The Morgan fingerprint density at radius 1 is 1.50 bits per heavy atom. The molecular formula is C9H18N2O. The van der Waals surface area contributed by atoms with Crippen LogP contribution in [0.15, 0.2) is 0 Å². The van der Waals surface area contributed by atoms with Crippen LogP contribution in [0.2, 0.25) is 0 Å². The van der Waals surface area contributed by atoms with Crippen molar-refractivity contribution in [2.45, 2.75) is 26.3 Å². The zero-order valence-electron chi connectivity index (χ0n) is 8.21. The lowest BCUT2D eigenvalue weighted by molar-refractivity contribution is -0.133. The molecule has 0 saturated carbocycles. The van der Waals surface area contributed by atoms with E-state index in [1.54, 1.807) is 4.90 Å². The number of rotatable bonds is 3. The van der Waals surface area contributed by atoms with Crippen molar-refractivity contribution in [3.8, 4) is 0 Å². The summed E-state index contributed by atoms with van der Waals surface area (Å²) in [5, 5.41) is 0. The monoisotopic (exact) mass is 170 g/mol. The molecule has 3 heteroatoms. The number of amides is 1. The van der Waals surface area contributed by atoms with Crippen molar-refractivity contribution >= 4 is 5.91 Å². The van der Waals surface area contributed by atoms with Crippen molar-refractivity contribution < 1.29 is 4.79 Å². The summed E-state index contributed by atoms with van der Waals surface area (Å²) in [5.74, 6) is 0.240. The van der Waals surface area contributed by atoms with Crippen LogP contribution in [0.5, 0.6) is 0 Å². The third-order valence-electron chi connectivity index (χ3n) is 2.48.